The van der Waals surface area contributed by atoms with Crippen LogP contribution >= 0.6 is 0 Å². The van der Waals surface area contributed by atoms with Crippen LogP contribution in [0.1, 0.15) is 44.2 Å². The number of likely N-dealkylation sites (N-methyl/N-ethyl adjacent to an activating group) is 1. The van der Waals surface area contributed by atoms with Crippen molar-refractivity contribution in [2.24, 2.45) is 16.7 Å². The van der Waals surface area contributed by atoms with Gasteiger partial charge in [-0.05, 0) is 61.6 Å². The van der Waals surface area contributed by atoms with Crippen LogP contribution < -0.4 is 0 Å². The molecular weight excluding hydrogens is 244 g/mol. The van der Waals surface area contributed by atoms with E-state index in [4.69, 9.17) is 0 Å². The summed E-state index contributed by atoms with van der Waals surface area (Å²) in [5.41, 5.74) is 2.85. The second kappa shape index (κ2) is 4.56. The van der Waals surface area contributed by atoms with Crippen LogP contribution in [0.15, 0.2) is 24.4 Å². The lowest BCUT2D eigenvalue weighted by atomic mass is 9.67. The molecule has 3 fully saturated rings. The lowest BCUT2D eigenvalue weighted by Gasteiger charge is -2.38. The quantitative estimate of drug-likeness (QED) is 0.813. The normalized spacial score (nSPS) is 25.7. The number of nitrogens with zero attached hydrogens (tertiary/aromatic N) is 2. The molecule has 4 rings (SSSR count). The van der Waals surface area contributed by atoms with Crippen molar-refractivity contribution in [1.82, 2.24) is 9.88 Å². The molecule has 0 saturated heterocycles. The Bertz CT molecular complexity index is 453. The van der Waals surface area contributed by atoms with Gasteiger partial charge in [-0.2, -0.15) is 0 Å². The first-order valence-electron chi connectivity index (χ1n) is 8.35. The van der Waals surface area contributed by atoms with Crippen LogP contribution in [-0.2, 0) is 6.42 Å². The average molecular weight is 270 g/mol. The van der Waals surface area contributed by atoms with Gasteiger partial charge in [-0.3, -0.25) is 4.98 Å². The molecule has 3 saturated carbocycles. The van der Waals surface area contributed by atoms with Crippen LogP contribution in [0.25, 0.3) is 0 Å². The van der Waals surface area contributed by atoms with Gasteiger partial charge in [0.05, 0.1) is 0 Å². The molecular formula is C18H26N2. The highest BCUT2D eigenvalue weighted by Gasteiger charge is 2.78. The second-order valence-electron chi connectivity index (χ2n) is 7.41. The third-order valence-electron chi connectivity index (χ3n) is 6.70. The maximum atomic E-state index is 4.43. The third-order valence-corrected chi connectivity index (χ3v) is 6.70. The Hall–Kier alpha value is -0.890. The van der Waals surface area contributed by atoms with Crippen molar-refractivity contribution in [3.63, 3.8) is 0 Å². The maximum absolute atomic E-state index is 4.43. The van der Waals surface area contributed by atoms with Crippen LogP contribution in [0, 0.1) is 16.7 Å². The van der Waals surface area contributed by atoms with Gasteiger partial charge in [0, 0.05) is 31.4 Å². The van der Waals surface area contributed by atoms with E-state index in [1.165, 1.54) is 50.8 Å². The molecule has 3 aliphatic rings. The first-order valence-corrected chi connectivity index (χ1v) is 8.35. The first-order chi connectivity index (χ1) is 9.77. The Labute approximate surface area is 122 Å². The number of rotatable bonds is 5. The molecule has 3 aliphatic carbocycles. The van der Waals surface area contributed by atoms with Gasteiger partial charge in [0.25, 0.3) is 0 Å². The number of hydrogen-bond acceptors (Lipinski definition) is 2. The Kier molecular flexibility index (Phi) is 2.92. The fourth-order valence-corrected chi connectivity index (χ4v) is 5.25. The van der Waals surface area contributed by atoms with Crippen LogP contribution in [0.4, 0.5) is 0 Å². The highest BCUT2D eigenvalue weighted by Crippen LogP contribution is 2.84. The third kappa shape index (κ3) is 1.70. The Morgan fingerprint density at radius 3 is 2.35 bits per heavy atom. The van der Waals surface area contributed by atoms with Crippen LogP contribution in [0.5, 0.6) is 0 Å². The van der Waals surface area contributed by atoms with E-state index in [9.17, 15) is 0 Å². The molecule has 2 nitrogen and oxygen atoms in total. The van der Waals surface area contributed by atoms with Gasteiger partial charge in [-0.15, -0.1) is 0 Å². The predicted octanol–water partition coefficient (Wildman–Crippen LogP) is 3.53. The average Bonchev–Trinajstić information content (AvgIpc) is 3.01. The van der Waals surface area contributed by atoms with E-state index in [-0.39, 0.29) is 0 Å². The van der Waals surface area contributed by atoms with Crippen LogP contribution in [-0.4, -0.2) is 30.0 Å². The Balaban J connectivity index is 1.31. The minimum absolute atomic E-state index is 0.810. The highest BCUT2D eigenvalue weighted by molar-refractivity contribution is 5.27. The van der Waals surface area contributed by atoms with E-state index >= 15 is 0 Å². The fourth-order valence-electron chi connectivity index (χ4n) is 5.25. The topological polar surface area (TPSA) is 16.1 Å². The molecule has 2 heteroatoms. The van der Waals surface area contributed by atoms with E-state index in [0.29, 0.717) is 0 Å². The Morgan fingerprint density at radius 2 is 1.85 bits per heavy atom. The van der Waals surface area contributed by atoms with Gasteiger partial charge in [0.2, 0.25) is 0 Å². The van der Waals surface area contributed by atoms with Crippen molar-refractivity contribution in [1.29, 1.82) is 0 Å². The van der Waals surface area contributed by atoms with E-state index in [0.717, 1.165) is 29.7 Å². The van der Waals surface area contributed by atoms with E-state index in [1.807, 2.05) is 12.3 Å². The summed E-state index contributed by atoms with van der Waals surface area (Å²) in [6, 6.07) is 6.24. The predicted molar refractivity (Wildman–Crippen MR) is 81.5 cm³/mol. The maximum Gasteiger partial charge on any atom is 0.0416 e. The van der Waals surface area contributed by atoms with Gasteiger partial charge in [0.1, 0.15) is 0 Å². The lowest BCUT2D eigenvalue weighted by molar-refractivity contribution is 0.129. The van der Waals surface area contributed by atoms with Gasteiger partial charge in [-0.25, -0.2) is 0 Å². The molecule has 0 bridgehead atoms. The van der Waals surface area contributed by atoms with Crippen molar-refractivity contribution in [3.8, 4) is 0 Å². The molecule has 1 aromatic heterocycles. The smallest absolute Gasteiger partial charge is 0.0416 e. The minimum atomic E-state index is 0.810. The summed E-state index contributed by atoms with van der Waals surface area (Å²) in [5.74, 6) is 1.02. The van der Waals surface area contributed by atoms with E-state index in [1.54, 1.807) is 0 Å². The molecule has 0 aliphatic heterocycles. The molecule has 0 aromatic carbocycles. The summed E-state index contributed by atoms with van der Waals surface area (Å²) in [7, 11) is 2.31. The zero-order valence-corrected chi connectivity index (χ0v) is 12.6. The number of hydrogen-bond donors (Lipinski definition) is 0. The summed E-state index contributed by atoms with van der Waals surface area (Å²) in [6.45, 7) is 2.48. The molecule has 1 aromatic rings. The monoisotopic (exact) mass is 270 g/mol. The van der Waals surface area contributed by atoms with Crippen LogP contribution in [0.2, 0.25) is 0 Å². The molecule has 0 amide bonds. The highest BCUT2D eigenvalue weighted by atomic mass is 15.1. The summed E-state index contributed by atoms with van der Waals surface area (Å²) >= 11 is 0. The fraction of sp³-hybridized carbons (Fsp3) is 0.722. The molecule has 0 N–H and O–H groups in total. The van der Waals surface area contributed by atoms with Gasteiger partial charge in [-0.1, -0.05) is 18.9 Å². The molecule has 0 unspecified atom stereocenters. The second-order valence-corrected chi connectivity index (χ2v) is 7.41. The van der Waals surface area contributed by atoms with Gasteiger partial charge >= 0.3 is 0 Å². The zero-order valence-electron chi connectivity index (χ0n) is 12.6. The van der Waals surface area contributed by atoms with Gasteiger partial charge < -0.3 is 4.90 Å². The van der Waals surface area contributed by atoms with Crippen molar-refractivity contribution in [3.05, 3.63) is 30.1 Å². The van der Waals surface area contributed by atoms with Gasteiger partial charge in [0.15, 0.2) is 0 Å². The first kappa shape index (κ1) is 12.8. The number of aromatic nitrogens is 1. The number of fused-ring (bicyclic) bond motifs is 1. The molecule has 2 spiro atoms. The largest absolute Gasteiger partial charge is 0.306 e. The summed E-state index contributed by atoms with van der Waals surface area (Å²) < 4.78 is 0. The summed E-state index contributed by atoms with van der Waals surface area (Å²) in [4.78, 5) is 6.99. The van der Waals surface area contributed by atoms with E-state index < -0.39 is 0 Å². The molecule has 108 valence electrons. The molecule has 0 radical (unpaired) electrons. The zero-order chi connectivity index (χ0) is 13.6. The van der Waals surface area contributed by atoms with Crippen LogP contribution in [0.3, 0.4) is 0 Å². The van der Waals surface area contributed by atoms with Crippen molar-refractivity contribution >= 4 is 0 Å². The Morgan fingerprint density at radius 1 is 1.15 bits per heavy atom. The van der Waals surface area contributed by atoms with Crippen molar-refractivity contribution < 1.29 is 0 Å². The van der Waals surface area contributed by atoms with Crippen molar-refractivity contribution in [2.45, 2.75) is 44.9 Å². The standard InChI is InChI=1S/C18H26N2/c1-20(13-7-15-6-2-3-12-19-15)14-16-17(8-4-9-17)18(16)10-5-11-18/h2-3,6,12,16H,4-5,7-11,13-14H2,1H3. The molecule has 1 heterocycles. The van der Waals surface area contributed by atoms with Crippen molar-refractivity contribution in [2.75, 3.05) is 20.1 Å². The molecule has 20 heavy (non-hydrogen) atoms. The SMILES string of the molecule is CN(CCc1ccccn1)CC1C2(CCC2)C12CCC2. The molecule has 0 atom stereocenters. The number of pyridine rings is 1. The lowest BCUT2D eigenvalue weighted by Crippen LogP contribution is -2.27. The summed E-state index contributed by atoms with van der Waals surface area (Å²) in [6.07, 6.45) is 12.1. The summed E-state index contributed by atoms with van der Waals surface area (Å²) in [5, 5.41) is 0. The van der Waals surface area contributed by atoms with E-state index in [2.05, 4.69) is 29.1 Å². The minimum Gasteiger partial charge on any atom is -0.306 e.